The van der Waals surface area contributed by atoms with Crippen molar-refractivity contribution in [2.45, 2.75) is 63.8 Å². The van der Waals surface area contributed by atoms with Gasteiger partial charge in [0.25, 0.3) is 5.88 Å². The Labute approximate surface area is 327 Å². The van der Waals surface area contributed by atoms with Gasteiger partial charge in [-0.25, -0.2) is 19.6 Å². The zero-order valence-electron chi connectivity index (χ0n) is 31.9. The molecule has 1 saturated carbocycles. The van der Waals surface area contributed by atoms with Crippen molar-refractivity contribution in [1.29, 1.82) is 0 Å². The summed E-state index contributed by atoms with van der Waals surface area (Å²) in [6, 6.07) is 6.51. The van der Waals surface area contributed by atoms with Gasteiger partial charge in [0.2, 0.25) is 5.95 Å². The number of aromatic nitrogens is 7. The monoisotopic (exact) mass is 783 g/mol. The lowest BCUT2D eigenvalue weighted by Gasteiger charge is -2.38. The molecule has 4 heterocycles. The number of methoxy groups -OCH3 is 1. The van der Waals surface area contributed by atoms with Gasteiger partial charge in [-0.15, -0.1) is 5.10 Å². The Morgan fingerprint density at radius 2 is 1.60 bits per heavy atom. The molecule has 16 nitrogen and oxygen atoms in total. The van der Waals surface area contributed by atoms with Gasteiger partial charge in [-0.1, -0.05) is 17.7 Å². The van der Waals surface area contributed by atoms with Gasteiger partial charge in [-0.3, -0.25) is 9.58 Å². The molecule has 4 aromatic rings. The van der Waals surface area contributed by atoms with Crippen LogP contribution in [0.3, 0.4) is 0 Å². The Bertz CT molecular complexity index is 1670. The summed E-state index contributed by atoms with van der Waals surface area (Å²) < 4.78 is 43.4. The first-order chi connectivity index (χ1) is 27.1. The van der Waals surface area contributed by atoms with Crippen molar-refractivity contribution in [2.75, 3.05) is 91.6 Å². The molecule has 1 aliphatic heterocycles. The van der Waals surface area contributed by atoms with Crippen molar-refractivity contribution in [3.63, 3.8) is 0 Å². The third-order valence-electron chi connectivity index (χ3n) is 9.55. The molecule has 55 heavy (non-hydrogen) atoms. The number of morpholine rings is 1. The molecule has 3 aromatic heterocycles. The average molecular weight is 784 g/mol. The second-order valence-electron chi connectivity index (χ2n) is 13.6. The van der Waals surface area contributed by atoms with Gasteiger partial charge in [0.15, 0.2) is 0 Å². The van der Waals surface area contributed by atoms with Crippen LogP contribution >= 0.6 is 11.6 Å². The number of benzene rings is 1. The maximum absolute atomic E-state index is 6.50. The highest BCUT2D eigenvalue weighted by Gasteiger charge is 2.29. The average Bonchev–Trinajstić information content (AvgIpc) is 3.88. The van der Waals surface area contributed by atoms with E-state index in [0.29, 0.717) is 100 Å². The molecule has 0 radical (unpaired) electrons. The van der Waals surface area contributed by atoms with E-state index in [4.69, 9.17) is 49.9 Å². The van der Waals surface area contributed by atoms with Crippen LogP contribution in [-0.4, -0.2) is 138 Å². The van der Waals surface area contributed by atoms with E-state index >= 15 is 0 Å². The van der Waals surface area contributed by atoms with Crippen molar-refractivity contribution in [2.24, 2.45) is 0 Å². The molecule has 2 fully saturated rings. The number of nitrogens with zero attached hydrogens (tertiary/aromatic N) is 8. The molecule has 1 aromatic carbocycles. The molecule has 0 amide bonds. The summed E-state index contributed by atoms with van der Waals surface area (Å²) in [7, 11) is 1.65. The number of hydrogen-bond acceptors (Lipinski definition) is 14. The first-order valence-corrected chi connectivity index (χ1v) is 19.6. The lowest BCUT2D eigenvalue weighted by molar-refractivity contribution is 0.00242. The van der Waals surface area contributed by atoms with Gasteiger partial charge in [-0.05, 0) is 50.3 Å². The molecule has 0 spiro atoms. The minimum atomic E-state index is -0.177. The van der Waals surface area contributed by atoms with E-state index in [1.165, 1.54) is 6.33 Å². The van der Waals surface area contributed by atoms with E-state index in [0.717, 1.165) is 63.1 Å². The van der Waals surface area contributed by atoms with Crippen LogP contribution in [0, 0.1) is 0 Å². The standard InChI is InChI=1S/C38H54ClN9O7/c1-29(25-47-28-40-27-43-47)55-36-22-30(4-9-34(36)39)31-23-41-38(42-24-31)44-35-26-48(33-7-5-32(6-8-33)46-10-14-51-15-11-46)45-37(35)54-13-3-12-50-18-19-53-21-20-52-17-16-49-2/h4,9,22-24,26-29,32-33H,3,5-8,10-21,25H2,1-2H3,(H,41,42,44)/t29-,32?,33?/m0/s1. The quantitative estimate of drug-likeness (QED) is 0.0995. The van der Waals surface area contributed by atoms with Gasteiger partial charge < -0.3 is 38.5 Å². The van der Waals surface area contributed by atoms with E-state index in [1.54, 1.807) is 30.5 Å². The van der Waals surface area contributed by atoms with E-state index in [9.17, 15) is 0 Å². The second kappa shape index (κ2) is 22.0. The van der Waals surface area contributed by atoms with E-state index in [1.807, 2.05) is 36.0 Å². The first kappa shape index (κ1) is 40.8. The number of hydrogen-bond donors (Lipinski definition) is 1. The van der Waals surface area contributed by atoms with Crippen LogP contribution < -0.4 is 14.8 Å². The predicted octanol–water partition coefficient (Wildman–Crippen LogP) is 5.08. The van der Waals surface area contributed by atoms with Crippen LogP contribution in [0.4, 0.5) is 11.6 Å². The molecule has 1 aliphatic carbocycles. The summed E-state index contributed by atoms with van der Waals surface area (Å²) in [6.45, 7) is 10.4. The number of halogens is 1. The Hall–Kier alpha value is -3.90. The zero-order valence-corrected chi connectivity index (χ0v) is 32.6. The van der Waals surface area contributed by atoms with Gasteiger partial charge >= 0.3 is 0 Å². The molecule has 0 bridgehead atoms. The van der Waals surface area contributed by atoms with Crippen LogP contribution in [0.5, 0.6) is 11.6 Å². The minimum absolute atomic E-state index is 0.177. The third kappa shape index (κ3) is 12.8. The maximum Gasteiger partial charge on any atom is 0.256 e. The summed E-state index contributed by atoms with van der Waals surface area (Å²) in [4.78, 5) is 15.9. The molecule has 2 aliphatic rings. The van der Waals surface area contributed by atoms with Crippen LogP contribution in [0.15, 0.2) is 49.4 Å². The normalized spacial score (nSPS) is 18.3. The Kier molecular flexibility index (Phi) is 16.3. The minimum Gasteiger partial charge on any atom is -0.487 e. The molecule has 1 atom stereocenters. The smallest absolute Gasteiger partial charge is 0.256 e. The highest BCUT2D eigenvalue weighted by Crippen LogP contribution is 2.35. The highest BCUT2D eigenvalue weighted by molar-refractivity contribution is 6.32. The number of rotatable bonds is 23. The molecule has 1 saturated heterocycles. The van der Waals surface area contributed by atoms with E-state index in [-0.39, 0.29) is 12.1 Å². The molecule has 6 rings (SSSR count). The predicted molar refractivity (Wildman–Crippen MR) is 206 cm³/mol. The van der Waals surface area contributed by atoms with Crippen molar-refractivity contribution < 1.29 is 33.2 Å². The lowest BCUT2D eigenvalue weighted by Crippen LogP contribution is -2.45. The topological polar surface area (TPSA) is 154 Å². The molecule has 1 N–H and O–H groups in total. The largest absolute Gasteiger partial charge is 0.487 e. The Morgan fingerprint density at radius 3 is 2.31 bits per heavy atom. The molecular weight excluding hydrogens is 730 g/mol. The summed E-state index contributed by atoms with van der Waals surface area (Å²) in [5, 5.41) is 12.9. The Balaban J connectivity index is 1.03. The lowest BCUT2D eigenvalue weighted by atomic mass is 9.90. The SMILES string of the molecule is COCCOCCOCCOCCCOc1nn(C2CCC(N3CCOCC3)CC2)cc1Nc1ncc(-c2ccc(Cl)c(O[C@@H](C)Cn3cncn3)c2)cn1. The number of anilines is 2. The molecule has 0 unspecified atom stereocenters. The van der Waals surface area contributed by atoms with Crippen LogP contribution in [0.1, 0.15) is 45.1 Å². The van der Waals surface area contributed by atoms with Gasteiger partial charge in [0.1, 0.15) is 30.2 Å². The Morgan fingerprint density at radius 1 is 0.891 bits per heavy atom. The van der Waals surface area contributed by atoms with Gasteiger partial charge in [-0.2, -0.15) is 5.10 Å². The van der Waals surface area contributed by atoms with Crippen molar-refractivity contribution in [3.05, 3.63) is 54.5 Å². The fourth-order valence-corrected chi connectivity index (χ4v) is 6.84. The van der Waals surface area contributed by atoms with Crippen LogP contribution in [-0.2, 0) is 30.2 Å². The molecular formula is C38H54ClN9O7. The van der Waals surface area contributed by atoms with E-state index in [2.05, 4.69) is 30.3 Å². The maximum atomic E-state index is 6.50. The van der Waals surface area contributed by atoms with Crippen LogP contribution in [0.25, 0.3) is 11.1 Å². The van der Waals surface area contributed by atoms with Gasteiger partial charge in [0, 0.05) is 57.2 Å². The summed E-state index contributed by atoms with van der Waals surface area (Å²) >= 11 is 6.50. The number of nitrogens with one attached hydrogen (secondary N) is 1. The highest BCUT2D eigenvalue weighted by atomic mass is 35.5. The van der Waals surface area contributed by atoms with Crippen molar-refractivity contribution in [3.8, 4) is 22.8 Å². The second-order valence-corrected chi connectivity index (χ2v) is 14.0. The summed E-state index contributed by atoms with van der Waals surface area (Å²) in [6.07, 6.45) is 13.6. The first-order valence-electron chi connectivity index (χ1n) is 19.2. The van der Waals surface area contributed by atoms with Gasteiger partial charge in [0.05, 0.1) is 83.3 Å². The number of ether oxygens (including phenoxy) is 7. The fraction of sp³-hybridized carbons (Fsp3) is 0.605. The zero-order chi connectivity index (χ0) is 38.1. The van der Waals surface area contributed by atoms with E-state index < -0.39 is 0 Å². The molecule has 300 valence electrons. The third-order valence-corrected chi connectivity index (χ3v) is 9.86. The van der Waals surface area contributed by atoms with Crippen LogP contribution in [0.2, 0.25) is 5.02 Å². The van der Waals surface area contributed by atoms with Crippen molar-refractivity contribution in [1.82, 2.24) is 39.4 Å². The summed E-state index contributed by atoms with van der Waals surface area (Å²) in [5.41, 5.74) is 2.42. The molecule has 17 heteroatoms. The fourth-order valence-electron chi connectivity index (χ4n) is 6.68. The van der Waals surface area contributed by atoms with Crippen molar-refractivity contribution >= 4 is 23.2 Å². The summed E-state index contributed by atoms with van der Waals surface area (Å²) in [5.74, 6) is 1.52.